The zero-order chi connectivity index (χ0) is 10.9. The summed E-state index contributed by atoms with van der Waals surface area (Å²) in [6.07, 6.45) is -1.70. The summed E-state index contributed by atoms with van der Waals surface area (Å²) < 4.78 is 11.4. The zero-order valence-electron chi connectivity index (χ0n) is 7.39. The molecule has 5 N–H and O–H groups in total. The van der Waals surface area contributed by atoms with Crippen LogP contribution in [0.4, 0.5) is 0 Å². The van der Waals surface area contributed by atoms with Crippen molar-refractivity contribution in [3.8, 4) is 0 Å². The number of nitrogens with zero attached hydrogens (tertiary/aromatic N) is 1. The van der Waals surface area contributed by atoms with Crippen LogP contribution in [0.5, 0.6) is 0 Å². The number of hydrogen-bond donors (Lipinski definition) is 5. The molecular formula is C6H14NO6P. The Morgan fingerprint density at radius 1 is 1.29 bits per heavy atom. The third-order valence-electron chi connectivity index (χ3n) is 2.41. The van der Waals surface area contributed by atoms with E-state index in [2.05, 4.69) is 0 Å². The Kier molecular flexibility index (Phi) is 3.65. The van der Waals surface area contributed by atoms with Crippen molar-refractivity contribution in [3.05, 3.63) is 0 Å². The lowest BCUT2D eigenvalue weighted by atomic mass is 10.2. The van der Waals surface area contributed by atoms with Gasteiger partial charge in [0.2, 0.25) is 0 Å². The van der Waals surface area contributed by atoms with Crippen molar-refractivity contribution in [3.63, 3.8) is 0 Å². The first-order chi connectivity index (χ1) is 6.38. The predicted octanol–water partition coefficient (Wildman–Crippen LogP) is -1.78. The van der Waals surface area contributed by atoms with Crippen LogP contribution < -0.4 is 0 Å². The van der Waals surface area contributed by atoms with Gasteiger partial charge in [-0.25, -0.2) is 4.57 Å². The third kappa shape index (κ3) is 2.32. The standard InChI is InChI=1S/C6H14NO6P/c8-3-7(14(11,12)13)4-1-2-5(9)6(4)10/h4-6,8-10H,1-3H2,(H2,11,12,13). The predicted molar refractivity (Wildman–Crippen MR) is 46.0 cm³/mol. The average molecular weight is 227 g/mol. The normalized spacial score (nSPS) is 34.0. The lowest BCUT2D eigenvalue weighted by molar-refractivity contribution is -0.00399. The lowest BCUT2D eigenvalue weighted by Crippen LogP contribution is -2.41. The van der Waals surface area contributed by atoms with E-state index in [1.54, 1.807) is 0 Å². The molecule has 0 bridgehead atoms. The third-order valence-corrected chi connectivity index (χ3v) is 3.50. The molecule has 0 radical (unpaired) electrons. The van der Waals surface area contributed by atoms with Crippen molar-refractivity contribution < 1.29 is 29.7 Å². The second-order valence-corrected chi connectivity index (χ2v) is 4.84. The van der Waals surface area contributed by atoms with Gasteiger partial charge in [0, 0.05) is 0 Å². The highest BCUT2D eigenvalue weighted by Crippen LogP contribution is 2.44. The first kappa shape index (κ1) is 12.1. The number of hydrogen-bond acceptors (Lipinski definition) is 4. The molecule has 0 aliphatic heterocycles. The molecule has 1 fully saturated rings. The van der Waals surface area contributed by atoms with Gasteiger partial charge in [0.1, 0.15) is 6.73 Å². The first-order valence-corrected chi connectivity index (χ1v) is 5.74. The molecule has 3 unspecified atom stereocenters. The van der Waals surface area contributed by atoms with Gasteiger partial charge in [0.15, 0.2) is 0 Å². The largest absolute Gasteiger partial charge is 0.405 e. The Bertz CT molecular complexity index is 242. The Hall–Kier alpha value is -0.0100. The van der Waals surface area contributed by atoms with Gasteiger partial charge in [-0.3, -0.25) is 0 Å². The summed E-state index contributed by atoms with van der Waals surface area (Å²) in [6, 6.07) is -0.893. The quantitative estimate of drug-likeness (QED) is 0.285. The molecule has 0 spiro atoms. The van der Waals surface area contributed by atoms with Crippen molar-refractivity contribution in [2.24, 2.45) is 0 Å². The van der Waals surface area contributed by atoms with E-state index < -0.39 is 32.7 Å². The van der Waals surface area contributed by atoms with E-state index in [1.807, 2.05) is 0 Å². The molecule has 1 aliphatic carbocycles. The molecule has 0 saturated heterocycles. The minimum Gasteiger partial charge on any atom is -0.390 e. The van der Waals surface area contributed by atoms with E-state index in [0.29, 0.717) is 4.67 Å². The molecule has 1 aliphatic rings. The van der Waals surface area contributed by atoms with E-state index in [4.69, 9.17) is 20.0 Å². The van der Waals surface area contributed by atoms with Crippen LogP contribution in [-0.4, -0.2) is 54.8 Å². The summed E-state index contributed by atoms with van der Waals surface area (Å²) in [7, 11) is -4.58. The van der Waals surface area contributed by atoms with Crippen LogP contribution in [0.25, 0.3) is 0 Å². The minimum atomic E-state index is -4.58. The maximum Gasteiger partial charge on any atom is 0.405 e. The molecule has 0 aromatic heterocycles. The minimum absolute atomic E-state index is 0.244. The molecule has 8 heteroatoms. The molecule has 1 rings (SSSR count). The summed E-state index contributed by atoms with van der Waals surface area (Å²) in [6.45, 7) is -0.848. The van der Waals surface area contributed by atoms with Crippen molar-refractivity contribution in [1.29, 1.82) is 0 Å². The molecule has 14 heavy (non-hydrogen) atoms. The van der Waals surface area contributed by atoms with E-state index in [-0.39, 0.29) is 12.8 Å². The van der Waals surface area contributed by atoms with E-state index in [9.17, 15) is 9.67 Å². The summed E-state index contributed by atoms with van der Waals surface area (Å²) in [4.78, 5) is 17.7. The van der Waals surface area contributed by atoms with Gasteiger partial charge in [0.25, 0.3) is 0 Å². The summed E-state index contributed by atoms with van der Waals surface area (Å²) in [5.41, 5.74) is 0. The topological polar surface area (TPSA) is 121 Å². The Morgan fingerprint density at radius 2 is 1.86 bits per heavy atom. The van der Waals surface area contributed by atoms with Gasteiger partial charge < -0.3 is 25.1 Å². The fourth-order valence-electron chi connectivity index (χ4n) is 1.65. The highest BCUT2D eigenvalue weighted by molar-refractivity contribution is 7.49. The molecule has 3 atom stereocenters. The fraction of sp³-hybridized carbons (Fsp3) is 1.00. The molecule has 0 amide bonds. The maximum atomic E-state index is 10.9. The molecule has 0 aromatic rings. The first-order valence-electron chi connectivity index (χ1n) is 4.17. The Balaban J connectivity index is 2.76. The van der Waals surface area contributed by atoms with Crippen molar-refractivity contribution in [2.75, 3.05) is 6.73 Å². The lowest BCUT2D eigenvalue weighted by Gasteiger charge is -2.29. The molecule has 0 heterocycles. The summed E-state index contributed by atoms with van der Waals surface area (Å²) in [5, 5.41) is 27.3. The van der Waals surface area contributed by atoms with Crippen LogP contribution >= 0.6 is 7.75 Å². The van der Waals surface area contributed by atoms with Crippen LogP contribution in [0, 0.1) is 0 Å². The number of rotatable bonds is 3. The Labute approximate surface area is 80.8 Å². The summed E-state index contributed by atoms with van der Waals surface area (Å²) in [5.74, 6) is 0. The van der Waals surface area contributed by atoms with Crippen LogP contribution in [-0.2, 0) is 4.57 Å². The summed E-state index contributed by atoms with van der Waals surface area (Å²) >= 11 is 0. The van der Waals surface area contributed by atoms with Gasteiger partial charge in [-0.15, -0.1) is 0 Å². The monoisotopic (exact) mass is 227 g/mol. The van der Waals surface area contributed by atoms with E-state index in [0.717, 1.165) is 0 Å². The van der Waals surface area contributed by atoms with E-state index in [1.165, 1.54) is 0 Å². The van der Waals surface area contributed by atoms with Crippen molar-refractivity contribution in [1.82, 2.24) is 4.67 Å². The SMILES string of the molecule is O=P(O)(O)N(CO)C1CCC(O)C1O. The van der Waals surface area contributed by atoms with Gasteiger partial charge >= 0.3 is 7.75 Å². The number of aliphatic hydroxyl groups is 3. The average Bonchev–Trinajstić information content (AvgIpc) is 2.35. The zero-order valence-corrected chi connectivity index (χ0v) is 8.29. The van der Waals surface area contributed by atoms with Gasteiger partial charge in [0.05, 0.1) is 18.2 Å². The van der Waals surface area contributed by atoms with Gasteiger partial charge in [-0.2, -0.15) is 4.67 Å². The fourth-order valence-corrected chi connectivity index (χ4v) is 2.45. The highest BCUT2D eigenvalue weighted by Gasteiger charge is 2.43. The van der Waals surface area contributed by atoms with Gasteiger partial charge in [-0.05, 0) is 12.8 Å². The van der Waals surface area contributed by atoms with Crippen molar-refractivity contribution in [2.45, 2.75) is 31.1 Å². The second kappa shape index (κ2) is 4.24. The van der Waals surface area contributed by atoms with Crippen LogP contribution in [0.1, 0.15) is 12.8 Å². The van der Waals surface area contributed by atoms with Crippen molar-refractivity contribution >= 4 is 7.75 Å². The van der Waals surface area contributed by atoms with Crippen LogP contribution in [0.2, 0.25) is 0 Å². The maximum absolute atomic E-state index is 10.9. The number of aliphatic hydroxyl groups excluding tert-OH is 3. The smallest absolute Gasteiger partial charge is 0.390 e. The molecule has 1 saturated carbocycles. The Morgan fingerprint density at radius 3 is 2.14 bits per heavy atom. The van der Waals surface area contributed by atoms with E-state index >= 15 is 0 Å². The molecular weight excluding hydrogens is 213 g/mol. The highest BCUT2D eigenvalue weighted by atomic mass is 31.2. The molecule has 7 nitrogen and oxygen atoms in total. The molecule has 0 aromatic carbocycles. The molecule has 84 valence electrons. The second-order valence-electron chi connectivity index (χ2n) is 3.30. The van der Waals surface area contributed by atoms with Gasteiger partial charge in [-0.1, -0.05) is 0 Å². The van der Waals surface area contributed by atoms with Crippen LogP contribution in [0.3, 0.4) is 0 Å². The van der Waals surface area contributed by atoms with Crippen LogP contribution in [0.15, 0.2) is 0 Å².